The van der Waals surface area contributed by atoms with Gasteiger partial charge in [-0.15, -0.1) is 0 Å². The van der Waals surface area contributed by atoms with Crippen molar-refractivity contribution in [1.29, 1.82) is 0 Å². The number of nitrogens with zero attached hydrogens (tertiary/aromatic N) is 3. The summed E-state index contributed by atoms with van der Waals surface area (Å²) in [5, 5.41) is 0. The van der Waals surface area contributed by atoms with Crippen LogP contribution in [0.2, 0.25) is 0 Å². The van der Waals surface area contributed by atoms with E-state index in [-0.39, 0.29) is 11.2 Å². The molecule has 2 saturated heterocycles. The number of H-pyrrole nitrogens is 1. The molecule has 3 unspecified atom stereocenters. The third-order valence-corrected chi connectivity index (χ3v) is 8.57. The number of hydrogen-bond donors (Lipinski definition) is 5. The SMILES string of the molecule is Cc1nc2c(ncn2[C@@H]2O[C@H](COP(=O)(O)OP(=O)(O)OP(=O)(O)O)[C@@H]3OC(C)(C)OC32)c(=O)[nH]1. The maximum atomic E-state index is 12.2. The second kappa shape index (κ2) is 8.89. The average molecular weight is 562 g/mol. The van der Waals surface area contributed by atoms with Gasteiger partial charge in [-0.1, -0.05) is 0 Å². The third kappa shape index (κ3) is 5.97. The van der Waals surface area contributed by atoms with Gasteiger partial charge in [0.2, 0.25) is 0 Å². The normalized spacial score (nSPS) is 29.7. The maximum Gasteiger partial charge on any atom is 0.490 e. The van der Waals surface area contributed by atoms with Crippen molar-refractivity contribution in [1.82, 2.24) is 19.5 Å². The third-order valence-electron chi connectivity index (χ3n) is 4.77. The van der Waals surface area contributed by atoms with E-state index in [0.29, 0.717) is 5.82 Å². The zero-order chi connectivity index (χ0) is 26.0. The smallest absolute Gasteiger partial charge is 0.347 e. The summed E-state index contributed by atoms with van der Waals surface area (Å²) in [6, 6.07) is 0. The van der Waals surface area contributed by atoms with E-state index in [1.807, 2.05) is 0 Å². The number of rotatable bonds is 8. The number of aromatic nitrogens is 4. The quantitative estimate of drug-likeness (QED) is 0.269. The van der Waals surface area contributed by atoms with Crippen molar-refractivity contribution in [3.05, 3.63) is 22.5 Å². The molecule has 2 aromatic rings. The van der Waals surface area contributed by atoms with Gasteiger partial charge < -0.3 is 38.8 Å². The van der Waals surface area contributed by atoms with E-state index < -0.39 is 66.0 Å². The van der Waals surface area contributed by atoms with Crippen LogP contribution in [0.1, 0.15) is 25.9 Å². The van der Waals surface area contributed by atoms with Crippen molar-refractivity contribution in [3.8, 4) is 0 Å². The van der Waals surface area contributed by atoms with E-state index in [1.165, 1.54) is 10.9 Å². The Morgan fingerprint density at radius 1 is 1.11 bits per heavy atom. The first-order chi connectivity index (χ1) is 16.0. The Hall–Kier alpha value is -1.36. The summed E-state index contributed by atoms with van der Waals surface area (Å²) in [5.41, 5.74) is -0.267. The fourth-order valence-electron chi connectivity index (χ4n) is 3.71. The number of imidazole rings is 1. The average Bonchev–Trinajstić information content (AvgIpc) is 3.28. The largest absolute Gasteiger partial charge is 0.490 e. The molecule has 0 aromatic carbocycles. The van der Waals surface area contributed by atoms with Gasteiger partial charge in [0.1, 0.15) is 24.1 Å². The fourth-order valence-corrected chi connectivity index (χ4v) is 6.74. The molecule has 0 saturated carbocycles. The molecule has 0 radical (unpaired) electrons. The van der Waals surface area contributed by atoms with Crippen LogP contribution < -0.4 is 5.56 Å². The first-order valence-electron chi connectivity index (χ1n) is 9.68. The molecule has 21 heteroatoms. The standard InChI is InChI=1S/C14H21N4O14P3/c1-6-16-11-8(12(19)17-6)15-5-18(11)13-10-9(29-14(2,3)30-10)7(28-13)4-27-34(23,24)32-35(25,26)31-33(20,21)22/h5,7,9-10,13H,4H2,1-3H3,(H,23,24)(H,25,26)(H,16,17,19)(H2,20,21,22)/t7-,9+,10?,13-/m1/s1. The van der Waals surface area contributed by atoms with Crippen LogP contribution in [-0.4, -0.2) is 69.8 Å². The van der Waals surface area contributed by atoms with E-state index in [4.69, 9.17) is 28.5 Å². The highest BCUT2D eigenvalue weighted by molar-refractivity contribution is 7.66. The highest BCUT2D eigenvalue weighted by Gasteiger charge is 2.57. The number of ether oxygens (including phenoxy) is 3. The zero-order valence-corrected chi connectivity index (χ0v) is 20.8. The molecule has 0 spiro atoms. The Morgan fingerprint density at radius 3 is 2.43 bits per heavy atom. The van der Waals surface area contributed by atoms with Gasteiger partial charge in [-0.25, -0.2) is 23.7 Å². The monoisotopic (exact) mass is 562 g/mol. The van der Waals surface area contributed by atoms with E-state index in [1.54, 1.807) is 20.8 Å². The lowest BCUT2D eigenvalue weighted by atomic mass is 10.1. The summed E-state index contributed by atoms with van der Waals surface area (Å²) >= 11 is 0. The lowest BCUT2D eigenvalue weighted by Crippen LogP contribution is -2.32. The van der Waals surface area contributed by atoms with Crippen molar-refractivity contribution < 1.29 is 60.6 Å². The summed E-state index contributed by atoms with van der Waals surface area (Å²) in [4.78, 5) is 59.3. The highest BCUT2D eigenvalue weighted by Crippen LogP contribution is 2.66. The molecule has 2 aliphatic rings. The summed E-state index contributed by atoms with van der Waals surface area (Å²) in [7, 11) is -16.6. The second-order valence-electron chi connectivity index (χ2n) is 7.99. The van der Waals surface area contributed by atoms with Crippen LogP contribution in [0.3, 0.4) is 0 Å². The van der Waals surface area contributed by atoms with Crippen molar-refractivity contribution in [2.24, 2.45) is 0 Å². The minimum absolute atomic E-state index is 0.0330. The highest BCUT2D eigenvalue weighted by atomic mass is 31.3. The zero-order valence-electron chi connectivity index (χ0n) is 18.1. The van der Waals surface area contributed by atoms with Gasteiger partial charge in [0.25, 0.3) is 5.56 Å². The van der Waals surface area contributed by atoms with Crippen LogP contribution in [0.15, 0.2) is 11.1 Å². The Labute approximate surface area is 195 Å². The predicted molar refractivity (Wildman–Crippen MR) is 110 cm³/mol. The Bertz CT molecular complexity index is 1340. The Kier molecular flexibility index (Phi) is 6.78. The van der Waals surface area contributed by atoms with Gasteiger partial charge in [-0.3, -0.25) is 13.9 Å². The first kappa shape index (κ1) is 26.7. The summed E-state index contributed by atoms with van der Waals surface area (Å²) in [5.74, 6) is -0.795. The molecule has 2 aliphatic heterocycles. The van der Waals surface area contributed by atoms with Crippen LogP contribution in [-0.2, 0) is 41.1 Å². The van der Waals surface area contributed by atoms with E-state index in [9.17, 15) is 28.3 Å². The molecule has 4 rings (SSSR count). The summed E-state index contributed by atoms with van der Waals surface area (Å²) < 4.78 is 65.5. The molecule has 18 nitrogen and oxygen atoms in total. The predicted octanol–water partition coefficient (Wildman–Crippen LogP) is 0.189. The molecule has 5 N–H and O–H groups in total. The number of fused-ring (bicyclic) bond motifs is 2. The van der Waals surface area contributed by atoms with E-state index in [0.717, 1.165) is 0 Å². The molecule has 4 heterocycles. The lowest BCUT2D eigenvalue weighted by molar-refractivity contribution is -0.199. The molecule has 6 atom stereocenters. The number of phosphoric acid groups is 3. The van der Waals surface area contributed by atoms with Crippen molar-refractivity contribution in [2.45, 2.75) is 51.1 Å². The molecule has 0 aliphatic carbocycles. The van der Waals surface area contributed by atoms with Crippen LogP contribution in [0.5, 0.6) is 0 Å². The van der Waals surface area contributed by atoms with Gasteiger partial charge in [0.05, 0.1) is 12.9 Å². The number of nitrogens with one attached hydrogen (secondary N) is 1. The summed E-state index contributed by atoms with van der Waals surface area (Å²) in [6.07, 6.45) is -2.50. The molecule has 2 fully saturated rings. The van der Waals surface area contributed by atoms with Gasteiger partial charge in [-0.2, -0.15) is 8.62 Å². The minimum atomic E-state index is -5.68. The lowest BCUT2D eigenvalue weighted by Gasteiger charge is -2.25. The Morgan fingerprint density at radius 2 is 1.77 bits per heavy atom. The van der Waals surface area contributed by atoms with Crippen LogP contribution in [0, 0.1) is 6.92 Å². The van der Waals surface area contributed by atoms with Crippen molar-refractivity contribution in [2.75, 3.05) is 6.61 Å². The first-order valence-corrected chi connectivity index (χ1v) is 14.2. The Balaban J connectivity index is 1.55. The molecule has 35 heavy (non-hydrogen) atoms. The molecular weight excluding hydrogens is 541 g/mol. The van der Waals surface area contributed by atoms with Crippen molar-refractivity contribution in [3.63, 3.8) is 0 Å². The minimum Gasteiger partial charge on any atom is -0.347 e. The van der Waals surface area contributed by atoms with Gasteiger partial charge in [-0.05, 0) is 20.8 Å². The van der Waals surface area contributed by atoms with E-state index in [2.05, 4.69) is 23.6 Å². The van der Waals surface area contributed by atoms with Crippen LogP contribution in [0.4, 0.5) is 0 Å². The van der Waals surface area contributed by atoms with Crippen LogP contribution in [0.25, 0.3) is 11.2 Å². The summed E-state index contributed by atoms with van der Waals surface area (Å²) in [6.45, 7) is 4.04. The molecule has 0 bridgehead atoms. The number of hydrogen-bond acceptors (Lipinski definition) is 12. The van der Waals surface area contributed by atoms with Crippen molar-refractivity contribution >= 4 is 34.6 Å². The van der Waals surface area contributed by atoms with Crippen LogP contribution >= 0.6 is 23.5 Å². The fraction of sp³-hybridized carbons (Fsp3) is 0.643. The number of aryl methyl sites for hydroxylation is 1. The molecular formula is C14H21N4O14P3. The molecule has 0 amide bonds. The second-order valence-corrected chi connectivity index (χ2v) is 12.4. The van der Waals surface area contributed by atoms with Gasteiger partial charge >= 0.3 is 23.5 Å². The number of aromatic amines is 1. The number of phosphoric ester groups is 1. The van der Waals surface area contributed by atoms with Gasteiger partial charge in [0.15, 0.2) is 23.2 Å². The molecule has 2 aromatic heterocycles. The maximum absolute atomic E-state index is 12.2. The topological polar surface area (TPSA) is 251 Å². The molecule has 196 valence electrons. The van der Waals surface area contributed by atoms with Gasteiger partial charge in [0, 0.05) is 0 Å². The van der Waals surface area contributed by atoms with E-state index >= 15 is 0 Å².